The summed E-state index contributed by atoms with van der Waals surface area (Å²) in [6.07, 6.45) is 5.09. The zero-order valence-electron chi connectivity index (χ0n) is 17.9. The molecule has 2 saturated heterocycles. The molecule has 2 amide bonds. The number of piperidine rings is 1. The minimum Gasteiger partial charge on any atom is -0.368 e. The Hall–Kier alpha value is -2.70. The van der Waals surface area contributed by atoms with Gasteiger partial charge >= 0.3 is 0 Å². The number of amides is 2. The number of nitrogens with one attached hydrogen (secondary N) is 2. The van der Waals surface area contributed by atoms with Crippen molar-refractivity contribution in [2.45, 2.75) is 51.3 Å². The third-order valence-corrected chi connectivity index (χ3v) is 6.01. The minimum absolute atomic E-state index is 0.151. The summed E-state index contributed by atoms with van der Waals surface area (Å²) in [5.41, 5.74) is 3.55. The van der Waals surface area contributed by atoms with Crippen molar-refractivity contribution >= 4 is 17.5 Å². The second-order valence-corrected chi connectivity index (χ2v) is 8.36. The van der Waals surface area contributed by atoms with Crippen LogP contribution >= 0.6 is 0 Å². The number of nitrogens with zero attached hydrogens (tertiary/aromatic N) is 1. The molecule has 2 aliphatic heterocycles. The molecule has 1 atom stereocenters. The van der Waals surface area contributed by atoms with E-state index in [4.69, 9.17) is 4.74 Å². The van der Waals surface area contributed by atoms with Gasteiger partial charge in [0.2, 0.25) is 0 Å². The van der Waals surface area contributed by atoms with Gasteiger partial charge in [0.05, 0.1) is 0 Å². The van der Waals surface area contributed by atoms with Gasteiger partial charge in [0, 0.05) is 30.9 Å². The summed E-state index contributed by atoms with van der Waals surface area (Å²) in [6.45, 7) is 4.32. The average molecular weight is 422 g/mol. The van der Waals surface area contributed by atoms with Crippen LogP contribution in [0.5, 0.6) is 0 Å². The molecule has 31 heavy (non-hydrogen) atoms. The Kier molecular flexibility index (Phi) is 7.33. The third kappa shape index (κ3) is 5.93. The molecule has 2 fully saturated rings. The van der Waals surface area contributed by atoms with E-state index in [0.29, 0.717) is 24.4 Å². The fourth-order valence-electron chi connectivity index (χ4n) is 4.27. The van der Waals surface area contributed by atoms with Gasteiger partial charge in [0.15, 0.2) is 0 Å². The third-order valence-electron chi connectivity index (χ3n) is 6.01. The van der Waals surface area contributed by atoms with Gasteiger partial charge in [-0.15, -0.1) is 0 Å². The maximum Gasteiger partial charge on any atom is 0.253 e. The monoisotopic (exact) mass is 421 g/mol. The van der Waals surface area contributed by atoms with E-state index in [-0.39, 0.29) is 11.8 Å². The van der Waals surface area contributed by atoms with E-state index in [1.807, 2.05) is 6.07 Å². The second kappa shape index (κ2) is 10.6. The molecule has 6 heteroatoms. The number of rotatable bonds is 7. The molecule has 0 spiro atoms. The van der Waals surface area contributed by atoms with Gasteiger partial charge in [-0.1, -0.05) is 36.8 Å². The highest BCUT2D eigenvalue weighted by atomic mass is 16.5. The van der Waals surface area contributed by atoms with Crippen molar-refractivity contribution in [1.82, 2.24) is 10.2 Å². The quantitative estimate of drug-likeness (QED) is 0.715. The molecule has 0 aliphatic carbocycles. The van der Waals surface area contributed by atoms with Gasteiger partial charge in [0.25, 0.3) is 11.8 Å². The molecule has 0 radical (unpaired) electrons. The van der Waals surface area contributed by atoms with Crippen molar-refractivity contribution in [3.63, 3.8) is 0 Å². The number of benzene rings is 2. The standard InChI is InChI=1S/C25H31N3O3/c29-24(19-10-6-11-22(16-19)27-25(30)23-12-7-15-31-23)26-17-20-8-2-3-9-21(20)18-28-13-4-1-5-14-28/h2-3,6,8-11,16,23H,1,4-5,7,12-15,17-18H2,(H,26,29)(H,27,30). The van der Waals surface area contributed by atoms with Crippen LogP contribution < -0.4 is 10.6 Å². The molecule has 2 heterocycles. The fourth-order valence-corrected chi connectivity index (χ4v) is 4.27. The minimum atomic E-state index is -0.395. The predicted molar refractivity (Wildman–Crippen MR) is 121 cm³/mol. The highest BCUT2D eigenvalue weighted by Crippen LogP contribution is 2.18. The molecule has 0 bridgehead atoms. The van der Waals surface area contributed by atoms with E-state index < -0.39 is 6.10 Å². The maximum absolute atomic E-state index is 12.8. The Morgan fingerprint density at radius 3 is 2.55 bits per heavy atom. The molecule has 2 aromatic rings. The molecular weight excluding hydrogens is 390 g/mol. The fraction of sp³-hybridized carbons (Fsp3) is 0.440. The smallest absolute Gasteiger partial charge is 0.253 e. The summed E-state index contributed by atoms with van der Waals surface area (Å²) in [4.78, 5) is 27.5. The molecule has 6 nitrogen and oxygen atoms in total. The SMILES string of the molecule is O=C(NCc1ccccc1CN1CCCCC1)c1cccc(NC(=O)C2CCCO2)c1. The number of carbonyl (C=O) groups excluding carboxylic acids is 2. The lowest BCUT2D eigenvalue weighted by molar-refractivity contribution is -0.124. The van der Waals surface area contributed by atoms with Gasteiger partial charge in [-0.05, 0) is 68.1 Å². The van der Waals surface area contributed by atoms with Crippen LogP contribution in [0.1, 0.15) is 53.6 Å². The molecule has 164 valence electrons. The molecule has 4 rings (SSSR count). The van der Waals surface area contributed by atoms with Crippen molar-refractivity contribution in [3.8, 4) is 0 Å². The summed E-state index contributed by atoms with van der Waals surface area (Å²) in [5, 5.41) is 5.89. The largest absolute Gasteiger partial charge is 0.368 e. The molecule has 0 aromatic heterocycles. The summed E-state index contributed by atoms with van der Waals surface area (Å²) in [6, 6.07) is 15.4. The van der Waals surface area contributed by atoms with Gasteiger partial charge in [-0.3, -0.25) is 14.5 Å². The van der Waals surface area contributed by atoms with Gasteiger partial charge in [0.1, 0.15) is 6.10 Å². The van der Waals surface area contributed by atoms with E-state index in [2.05, 4.69) is 33.7 Å². The lowest BCUT2D eigenvalue weighted by Gasteiger charge is -2.27. The maximum atomic E-state index is 12.8. The summed E-state index contributed by atoms with van der Waals surface area (Å²) in [5.74, 6) is -0.303. The van der Waals surface area contributed by atoms with Crippen LogP contribution in [0.25, 0.3) is 0 Å². The molecule has 2 N–H and O–H groups in total. The first-order chi connectivity index (χ1) is 15.2. The Balaban J connectivity index is 1.35. The highest BCUT2D eigenvalue weighted by molar-refractivity contribution is 5.98. The molecule has 2 aromatic carbocycles. The first kappa shape index (κ1) is 21.5. The highest BCUT2D eigenvalue weighted by Gasteiger charge is 2.23. The van der Waals surface area contributed by atoms with Crippen LogP contribution in [0.4, 0.5) is 5.69 Å². The average Bonchev–Trinajstić information content (AvgIpc) is 3.34. The zero-order valence-corrected chi connectivity index (χ0v) is 17.9. The van der Waals surface area contributed by atoms with Crippen LogP contribution in [-0.2, 0) is 22.6 Å². The van der Waals surface area contributed by atoms with Gasteiger partial charge < -0.3 is 15.4 Å². The number of hydrogen-bond donors (Lipinski definition) is 2. The first-order valence-corrected chi connectivity index (χ1v) is 11.3. The van der Waals surface area contributed by atoms with Crippen LogP contribution in [-0.4, -0.2) is 42.5 Å². The van der Waals surface area contributed by atoms with Crippen molar-refractivity contribution in [2.24, 2.45) is 0 Å². The zero-order chi connectivity index (χ0) is 21.5. The van der Waals surface area contributed by atoms with Crippen molar-refractivity contribution in [2.75, 3.05) is 25.0 Å². The molecular formula is C25H31N3O3. The first-order valence-electron chi connectivity index (χ1n) is 11.3. The Labute approximate surface area is 184 Å². The topological polar surface area (TPSA) is 70.7 Å². The Morgan fingerprint density at radius 2 is 1.77 bits per heavy atom. The number of likely N-dealkylation sites (tertiary alicyclic amines) is 1. The van der Waals surface area contributed by atoms with Crippen molar-refractivity contribution in [1.29, 1.82) is 0 Å². The van der Waals surface area contributed by atoms with Crippen LogP contribution in [0.15, 0.2) is 48.5 Å². The molecule has 0 saturated carbocycles. The van der Waals surface area contributed by atoms with Crippen molar-refractivity contribution < 1.29 is 14.3 Å². The van der Waals surface area contributed by atoms with E-state index in [0.717, 1.165) is 38.0 Å². The lowest BCUT2D eigenvalue weighted by atomic mass is 10.0. The Bertz CT molecular complexity index is 902. The van der Waals surface area contributed by atoms with Crippen LogP contribution in [0, 0.1) is 0 Å². The number of carbonyl (C=O) groups is 2. The van der Waals surface area contributed by atoms with E-state index in [9.17, 15) is 9.59 Å². The predicted octanol–water partition coefficient (Wildman–Crippen LogP) is 3.72. The van der Waals surface area contributed by atoms with Gasteiger partial charge in [-0.25, -0.2) is 0 Å². The lowest BCUT2D eigenvalue weighted by Crippen LogP contribution is -2.30. The van der Waals surface area contributed by atoms with Crippen LogP contribution in [0.2, 0.25) is 0 Å². The summed E-state index contributed by atoms with van der Waals surface area (Å²) >= 11 is 0. The van der Waals surface area contributed by atoms with E-state index in [1.54, 1.807) is 24.3 Å². The second-order valence-electron chi connectivity index (χ2n) is 8.36. The van der Waals surface area contributed by atoms with E-state index in [1.165, 1.54) is 24.8 Å². The summed E-state index contributed by atoms with van der Waals surface area (Å²) in [7, 11) is 0. The summed E-state index contributed by atoms with van der Waals surface area (Å²) < 4.78 is 5.42. The molecule has 1 unspecified atom stereocenters. The van der Waals surface area contributed by atoms with E-state index >= 15 is 0 Å². The van der Waals surface area contributed by atoms with Gasteiger partial charge in [-0.2, -0.15) is 0 Å². The normalized spacial score (nSPS) is 19.2. The number of anilines is 1. The Morgan fingerprint density at radius 1 is 0.968 bits per heavy atom. The number of hydrogen-bond acceptors (Lipinski definition) is 4. The van der Waals surface area contributed by atoms with Crippen molar-refractivity contribution in [3.05, 3.63) is 65.2 Å². The number of ether oxygens (including phenoxy) is 1. The van der Waals surface area contributed by atoms with Crippen LogP contribution in [0.3, 0.4) is 0 Å². The molecule has 2 aliphatic rings.